The number of alkyl halides is 1. The van der Waals surface area contributed by atoms with Gasteiger partial charge in [-0.25, -0.2) is 0 Å². The minimum Gasteiger partial charge on any atom is -0.469 e. The average molecular weight is 421 g/mol. The third-order valence-electron chi connectivity index (χ3n) is 3.45. The first-order chi connectivity index (χ1) is 12.5. The van der Waals surface area contributed by atoms with Crippen LogP contribution in [0.1, 0.15) is 27.0 Å². The second kappa shape index (κ2) is 12.0. The van der Waals surface area contributed by atoms with Crippen LogP contribution in [0.4, 0.5) is 0 Å². The number of hydrogen-bond acceptors (Lipinski definition) is 5. The Morgan fingerprint density at radius 3 is 1.54 bits per heavy atom. The van der Waals surface area contributed by atoms with Crippen molar-refractivity contribution in [1.29, 1.82) is 0 Å². The predicted octanol–water partition coefficient (Wildman–Crippen LogP) is 3.51. The number of aldehydes is 1. The van der Waals surface area contributed by atoms with Crippen LogP contribution in [0.25, 0.3) is 0 Å². The maximum Gasteiger partial charge on any atom is 0.309 e. The first-order valence-electron chi connectivity index (χ1n) is 7.84. The van der Waals surface area contributed by atoms with E-state index < -0.39 is 0 Å². The Morgan fingerprint density at radius 1 is 0.808 bits per heavy atom. The summed E-state index contributed by atoms with van der Waals surface area (Å²) in [6, 6.07) is 14.7. The van der Waals surface area contributed by atoms with Gasteiger partial charge < -0.3 is 9.47 Å². The maximum atomic E-state index is 10.9. The molecule has 0 radical (unpaired) electrons. The first-order valence-corrected chi connectivity index (χ1v) is 8.96. The molecular formula is C20H21BrO5. The quantitative estimate of drug-likeness (QED) is 0.406. The molecule has 138 valence electrons. The number of esters is 2. The molecule has 0 unspecified atom stereocenters. The predicted molar refractivity (Wildman–Crippen MR) is 102 cm³/mol. The number of methoxy groups -OCH3 is 2. The van der Waals surface area contributed by atoms with E-state index in [1.807, 2.05) is 24.3 Å². The topological polar surface area (TPSA) is 69.7 Å². The third-order valence-corrected chi connectivity index (χ3v) is 4.09. The maximum absolute atomic E-state index is 10.9. The van der Waals surface area contributed by atoms with Crippen molar-refractivity contribution in [2.24, 2.45) is 0 Å². The smallest absolute Gasteiger partial charge is 0.309 e. The van der Waals surface area contributed by atoms with Crippen molar-refractivity contribution in [3.8, 4) is 0 Å². The molecule has 0 bridgehead atoms. The summed E-state index contributed by atoms with van der Waals surface area (Å²) in [6.07, 6.45) is 1.36. The van der Waals surface area contributed by atoms with E-state index in [2.05, 4.69) is 25.4 Å². The van der Waals surface area contributed by atoms with Crippen LogP contribution in [0.5, 0.6) is 0 Å². The SMILES string of the molecule is COC(=O)Cc1ccc(C=O)cc1.COC(=O)Cc1ccc(CBr)cc1. The Morgan fingerprint density at radius 2 is 1.19 bits per heavy atom. The Hall–Kier alpha value is -2.47. The lowest BCUT2D eigenvalue weighted by molar-refractivity contribution is -0.140. The largest absolute Gasteiger partial charge is 0.469 e. The molecule has 0 aliphatic rings. The fraction of sp³-hybridized carbons (Fsp3) is 0.250. The van der Waals surface area contributed by atoms with Gasteiger partial charge in [-0.15, -0.1) is 0 Å². The Bertz CT molecular complexity index is 708. The van der Waals surface area contributed by atoms with Crippen LogP contribution in [0.3, 0.4) is 0 Å². The van der Waals surface area contributed by atoms with Crippen LogP contribution < -0.4 is 0 Å². The highest BCUT2D eigenvalue weighted by molar-refractivity contribution is 9.08. The molecule has 0 saturated carbocycles. The van der Waals surface area contributed by atoms with Gasteiger partial charge in [-0.1, -0.05) is 64.5 Å². The zero-order valence-electron chi connectivity index (χ0n) is 14.7. The second-order valence-corrected chi connectivity index (χ2v) is 5.88. The number of rotatable bonds is 6. The van der Waals surface area contributed by atoms with Crippen LogP contribution in [-0.4, -0.2) is 32.4 Å². The summed E-state index contributed by atoms with van der Waals surface area (Å²) < 4.78 is 9.06. The van der Waals surface area contributed by atoms with E-state index in [1.165, 1.54) is 19.8 Å². The fourth-order valence-corrected chi connectivity index (χ4v) is 2.31. The monoisotopic (exact) mass is 420 g/mol. The molecule has 26 heavy (non-hydrogen) atoms. The van der Waals surface area contributed by atoms with Gasteiger partial charge in [-0.05, 0) is 16.7 Å². The van der Waals surface area contributed by atoms with Gasteiger partial charge in [0.25, 0.3) is 0 Å². The van der Waals surface area contributed by atoms with E-state index in [1.54, 1.807) is 24.3 Å². The van der Waals surface area contributed by atoms with Crippen molar-refractivity contribution in [3.05, 3.63) is 70.8 Å². The summed E-state index contributed by atoms with van der Waals surface area (Å²) in [5.74, 6) is -0.481. The number of carbonyl (C=O) groups excluding carboxylic acids is 3. The van der Waals surface area contributed by atoms with Crippen molar-refractivity contribution in [2.45, 2.75) is 18.2 Å². The number of hydrogen-bond donors (Lipinski definition) is 0. The summed E-state index contributed by atoms with van der Waals surface area (Å²) in [6.45, 7) is 0. The molecular weight excluding hydrogens is 400 g/mol. The molecule has 2 rings (SSSR count). The molecule has 2 aromatic rings. The van der Waals surface area contributed by atoms with Gasteiger partial charge in [0.1, 0.15) is 6.29 Å². The molecule has 0 aromatic heterocycles. The molecule has 0 spiro atoms. The Balaban J connectivity index is 0.000000260. The summed E-state index contributed by atoms with van der Waals surface area (Å²) in [5.41, 5.74) is 3.64. The first kappa shape index (κ1) is 21.6. The molecule has 0 N–H and O–H groups in total. The normalized spacial score (nSPS) is 9.50. The van der Waals surface area contributed by atoms with Crippen LogP contribution >= 0.6 is 15.9 Å². The zero-order chi connectivity index (χ0) is 19.4. The van der Waals surface area contributed by atoms with Crippen LogP contribution in [0.2, 0.25) is 0 Å². The van der Waals surface area contributed by atoms with Gasteiger partial charge in [0.15, 0.2) is 0 Å². The average Bonchev–Trinajstić information content (AvgIpc) is 2.69. The van der Waals surface area contributed by atoms with E-state index >= 15 is 0 Å². The standard InChI is InChI=1S/C10H11BrO2.C10H10O3/c2*1-13-10(12)6-8-2-4-9(7-11)5-3-8/h2-5H,6-7H2,1H3;2-5,7H,6H2,1H3. The van der Waals surface area contributed by atoms with E-state index in [9.17, 15) is 14.4 Å². The van der Waals surface area contributed by atoms with E-state index in [0.29, 0.717) is 12.0 Å². The van der Waals surface area contributed by atoms with Crippen LogP contribution in [0.15, 0.2) is 48.5 Å². The highest BCUT2D eigenvalue weighted by Crippen LogP contribution is 2.08. The lowest BCUT2D eigenvalue weighted by atomic mass is 10.1. The minimum absolute atomic E-state index is 0.202. The lowest BCUT2D eigenvalue weighted by Crippen LogP contribution is -2.04. The third kappa shape index (κ3) is 8.07. The molecule has 0 aliphatic heterocycles. The molecule has 0 saturated heterocycles. The number of ether oxygens (including phenoxy) is 2. The van der Waals surface area contributed by atoms with Gasteiger partial charge in [0.2, 0.25) is 0 Å². The second-order valence-electron chi connectivity index (χ2n) is 5.32. The molecule has 0 fully saturated rings. The van der Waals surface area contributed by atoms with Crippen molar-refractivity contribution in [2.75, 3.05) is 14.2 Å². The zero-order valence-corrected chi connectivity index (χ0v) is 16.3. The van der Waals surface area contributed by atoms with Gasteiger partial charge in [0, 0.05) is 10.9 Å². The highest BCUT2D eigenvalue weighted by atomic mass is 79.9. The summed E-state index contributed by atoms with van der Waals surface area (Å²) in [5, 5.41) is 0.839. The highest BCUT2D eigenvalue weighted by Gasteiger charge is 2.02. The Labute approximate surface area is 161 Å². The van der Waals surface area contributed by atoms with Gasteiger partial charge in [-0.2, -0.15) is 0 Å². The van der Waals surface area contributed by atoms with E-state index in [0.717, 1.165) is 22.7 Å². The molecule has 0 amide bonds. The fourth-order valence-electron chi connectivity index (χ4n) is 1.94. The van der Waals surface area contributed by atoms with Crippen molar-refractivity contribution >= 4 is 34.2 Å². The van der Waals surface area contributed by atoms with Gasteiger partial charge >= 0.3 is 11.9 Å². The van der Waals surface area contributed by atoms with Crippen molar-refractivity contribution in [3.63, 3.8) is 0 Å². The molecule has 6 heteroatoms. The number of carbonyl (C=O) groups is 3. The molecule has 0 heterocycles. The number of benzene rings is 2. The van der Waals surface area contributed by atoms with Crippen molar-refractivity contribution in [1.82, 2.24) is 0 Å². The number of halogens is 1. The summed E-state index contributed by atoms with van der Waals surface area (Å²) in [7, 11) is 2.75. The Kier molecular flexibility index (Phi) is 9.94. The van der Waals surface area contributed by atoms with Gasteiger partial charge in [0.05, 0.1) is 27.1 Å². The summed E-state index contributed by atoms with van der Waals surface area (Å²) in [4.78, 5) is 32.1. The lowest BCUT2D eigenvalue weighted by Gasteiger charge is -2.00. The van der Waals surface area contributed by atoms with Crippen molar-refractivity contribution < 1.29 is 23.9 Å². The van der Waals surface area contributed by atoms with Gasteiger partial charge in [-0.3, -0.25) is 14.4 Å². The molecule has 2 aromatic carbocycles. The molecule has 0 atom stereocenters. The van der Waals surface area contributed by atoms with Crippen LogP contribution in [0, 0.1) is 0 Å². The summed E-state index contributed by atoms with van der Waals surface area (Å²) >= 11 is 3.35. The van der Waals surface area contributed by atoms with E-state index in [4.69, 9.17) is 0 Å². The minimum atomic E-state index is -0.279. The molecule has 5 nitrogen and oxygen atoms in total. The van der Waals surface area contributed by atoms with E-state index in [-0.39, 0.29) is 18.4 Å². The molecule has 0 aliphatic carbocycles. The van der Waals surface area contributed by atoms with Crippen LogP contribution in [-0.2, 0) is 37.2 Å².